The first-order valence-electron chi connectivity index (χ1n) is 7.01. The van der Waals surface area contributed by atoms with E-state index in [2.05, 4.69) is 10.2 Å². The monoisotopic (exact) mass is 308 g/mol. The minimum Gasteiger partial charge on any atom is -0.402 e. The van der Waals surface area contributed by atoms with Crippen LogP contribution < -0.4 is 4.74 Å². The SMILES string of the molecule is Cc1ccccc1C(=O)Oc1ccc(-c2ccc(F)cc2)nn1. The van der Waals surface area contributed by atoms with Crippen molar-refractivity contribution in [1.82, 2.24) is 10.2 Å². The summed E-state index contributed by atoms with van der Waals surface area (Å²) in [7, 11) is 0. The molecule has 0 amide bonds. The fraction of sp³-hybridized carbons (Fsp3) is 0.0556. The van der Waals surface area contributed by atoms with Crippen LogP contribution in [0, 0.1) is 12.7 Å². The summed E-state index contributed by atoms with van der Waals surface area (Å²) < 4.78 is 18.1. The van der Waals surface area contributed by atoms with Crippen LogP contribution in [-0.2, 0) is 0 Å². The van der Waals surface area contributed by atoms with Gasteiger partial charge >= 0.3 is 5.97 Å². The lowest BCUT2D eigenvalue weighted by Crippen LogP contribution is -2.11. The van der Waals surface area contributed by atoms with E-state index in [1.165, 1.54) is 12.1 Å². The van der Waals surface area contributed by atoms with Crippen molar-refractivity contribution in [2.45, 2.75) is 6.92 Å². The molecule has 3 rings (SSSR count). The van der Waals surface area contributed by atoms with E-state index in [0.717, 1.165) is 11.1 Å². The maximum atomic E-state index is 12.9. The molecule has 4 nitrogen and oxygen atoms in total. The van der Waals surface area contributed by atoms with Crippen molar-refractivity contribution in [2.24, 2.45) is 0 Å². The quantitative estimate of drug-likeness (QED) is 0.690. The first kappa shape index (κ1) is 14.8. The summed E-state index contributed by atoms with van der Waals surface area (Å²) in [6.07, 6.45) is 0. The Morgan fingerprint density at radius 3 is 2.35 bits per heavy atom. The van der Waals surface area contributed by atoms with E-state index in [0.29, 0.717) is 11.3 Å². The van der Waals surface area contributed by atoms with Gasteiger partial charge in [-0.2, -0.15) is 0 Å². The van der Waals surface area contributed by atoms with Gasteiger partial charge < -0.3 is 4.74 Å². The van der Waals surface area contributed by atoms with Gasteiger partial charge in [-0.3, -0.25) is 0 Å². The largest absolute Gasteiger partial charge is 0.402 e. The van der Waals surface area contributed by atoms with Crippen molar-refractivity contribution in [3.05, 3.63) is 77.6 Å². The number of hydrogen-bond donors (Lipinski definition) is 0. The first-order valence-corrected chi connectivity index (χ1v) is 7.01. The van der Waals surface area contributed by atoms with Crippen LogP contribution in [0.25, 0.3) is 11.3 Å². The molecule has 3 aromatic rings. The first-order chi connectivity index (χ1) is 11.1. The van der Waals surface area contributed by atoms with E-state index in [1.807, 2.05) is 19.1 Å². The van der Waals surface area contributed by atoms with Crippen LogP contribution in [0.5, 0.6) is 5.88 Å². The smallest absolute Gasteiger partial charge is 0.345 e. The maximum Gasteiger partial charge on any atom is 0.345 e. The second-order valence-electron chi connectivity index (χ2n) is 4.97. The maximum absolute atomic E-state index is 12.9. The fourth-order valence-corrected chi connectivity index (χ4v) is 2.10. The van der Waals surface area contributed by atoms with Crippen molar-refractivity contribution in [2.75, 3.05) is 0 Å². The zero-order valence-electron chi connectivity index (χ0n) is 12.4. The van der Waals surface area contributed by atoms with Gasteiger partial charge in [0.25, 0.3) is 0 Å². The highest BCUT2D eigenvalue weighted by molar-refractivity contribution is 5.92. The molecule has 5 heteroatoms. The predicted molar refractivity (Wildman–Crippen MR) is 83.6 cm³/mol. The Morgan fingerprint density at radius 2 is 1.70 bits per heavy atom. The number of esters is 1. The summed E-state index contributed by atoms with van der Waals surface area (Å²) in [5.41, 5.74) is 2.61. The zero-order chi connectivity index (χ0) is 16.2. The Hall–Kier alpha value is -3.08. The number of aryl methyl sites for hydroxylation is 1. The third-order valence-electron chi connectivity index (χ3n) is 3.34. The second-order valence-corrected chi connectivity index (χ2v) is 4.97. The lowest BCUT2D eigenvalue weighted by molar-refractivity contribution is 0.0725. The van der Waals surface area contributed by atoms with E-state index in [-0.39, 0.29) is 11.7 Å². The predicted octanol–water partition coefficient (Wildman–Crippen LogP) is 3.81. The number of carbonyl (C=O) groups is 1. The molecule has 0 spiro atoms. The van der Waals surface area contributed by atoms with Crippen molar-refractivity contribution >= 4 is 5.97 Å². The third-order valence-corrected chi connectivity index (χ3v) is 3.34. The molecule has 0 saturated heterocycles. The van der Waals surface area contributed by atoms with Gasteiger partial charge in [0.15, 0.2) is 0 Å². The van der Waals surface area contributed by atoms with E-state index in [9.17, 15) is 9.18 Å². The number of benzene rings is 2. The van der Waals surface area contributed by atoms with Crippen LogP contribution in [0.1, 0.15) is 15.9 Å². The average Bonchev–Trinajstić information content (AvgIpc) is 2.57. The van der Waals surface area contributed by atoms with Gasteiger partial charge in [0.05, 0.1) is 11.3 Å². The Morgan fingerprint density at radius 1 is 0.957 bits per heavy atom. The van der Waals surface area contributed by atoms with Gasteiger partial charge in [-0.15, -0.1) is 10.2 Å². The molecule has 0 atom stereocenters. The molecule has 0 saturated carbocycles. The average molecular weight is 308 g/mol. The molecule has 0 N–H and O–H groups in total. The highest BCUT2D eigenvalue weighted by Crippen LogP contribution is 2.19. The number of ether oxygens (including phenoxy) is 1. The molecule has 0 fully saturated rings. The summed E-state index contributed by atoms with van der Waals surface area (Å²) in [4.78, 5) is 12.1. The van der Waals surface area contributed by atoms with Crippen molar-refractivity contribution in [3.63, 3.8) is 0 Å². The van der Waals surface area contributed by atoms with E-state index in [4.69, 9.17) is 4.74 Å². The van der Waals surface area contributed by atoms with Crippen LogP contribution in [-0.4, -0.2) is 16.2 Å². The lowest BCUT2D eigenvalue weighted by atomic mass is 10.1. The summed E-state index contributed by atoms with van der Waals surface area (Å²) in [6, 6.07) is 16.3. The van der Waals surface area contributed by atoms with Crippen LogP contribution in [0.2, 0.25) is 0 Å². The van der Waals surface area contributed by atoms with Gasteiger partial charge in [-0.25, -0.2) is 9.18 Å². The molecule has 0 aliphatic rings. The fourth-order valence-electron chi connectivity index (χ4n) is 2.10. The van der Waals surface area contributed by atoms with Crippen LogP contribution >= 0.6 is 0 Å². The molecule has 0 radical (unpaired) electrons. The Kier molecular flexibility index (Phi) is 4.10. The Labute approximate surface area is 132 Å². The summed E-state index contributed by atoms with van der Waals surface area (Å²) >= 11 is 0. The van der Waals surface area contributed by atoms with Crippen LogP contribution in [0.4, 0.5) is 4.39 Å². The zero-order valence-corrected chi connectivity index (χ0v) is 12.4. The Bertz CT molecular complexity index is 830. The molecule has 0 aliphatic heterocycles. The molecule has 1 aromatic heterocycles. The highest BCUT2D eigenvalue weighted by atomic mass is 19.1. The molecule has 0 unspecified atom stereocenters. The molecule has 1 heterocycles. The molecule has 2 aromatic carbocycles. The van der Waals surface area contributed by atoms with Gasteiger partial charge in [0.2, 0.25) is 5.88 Å². The molecule has 0 aliphatic carbocycles. The minimum atomic E-state index is -0.480. The molecular formula is C18H13FN2O2. The minimum absolute atomic E-state index is 0.115. The van der Waals surface area contributed by atoms with Gasteiger partial charge in [0, 0.05) is 11.6 Å². The van der Waals surface area contributed by atoms with E-state index in [1.54, 1.807) is 36.4 Å². The standard InChI is InChI=1S/C18H13FN2O2/c1-12-4-2-3-5-15(12)18(22)23-17-11-10-16(20-21-17)13-6-8-14(19)9-7-13/h2-11H,1H3. The third kappa shape index (κ3) is 3.40. The van der Waals surface area contributed by atoms with E-state index >= 15 is 0 Å². The second kappa shape index (κ2) is 6.36. The normalized spacial score (nSPS) is 10.3. The summed E-state index contributed by atoms with van der Waals surface area (Å²) in [5, 5.41) is 7.88. The molecule has 23 heavy (non-hydrogen) atoms. The lowest BCUT2D eigenvalue weighted by Gasteiger charge is -2.06. The summed E-state index contributed by atoms with van der Waals surface area (Å²) in [6.45, 7) is 1.83. The highest BCUT2D eigenvalue weighted by Gasteiger charge is 2.12. The van der Waals surface area contributed by atoms with Crippen molar-refractivity contribution in [1.29, 1.82) is 0 Å². The number of rotatable bonds is 3. The number of nitrogens with zero attached hydrogens (tertiary/aromatic N) is 2. The van der Waals surface area contributed by atoms with Gasteiger partial charge in [-0.05, 0) is 48.9 Å². The number of hydrogen-bond acceptors (Lipinski definition) is 4. The molecular weight excluding hydrogens is 295 g/mol. The van der Waals surface area contributed by atoms with Crippen molar-refractivity contribution < 1.29 is 13.9 Å². The number of carbonyl (C=O) groups excluding carboxylic acids is 1. The van der Waals surface area contributed by atoms with Gasteiger partial charge in [-0.1, -0.05) is 18.2 Å². The van der Waals surface area contributed by atoms with Crippen LogP contribution in [0.3, 0.4) is 0 Å². The topological polar surface area (TPSA) is 52.1 Å². The summed E-state index contributed by atoms with van der Waals surface area (Å²) in [5.74, 6) is -0.679. The number of halogens is 1. The number of aromatic nitrogens is 2. The van der Waals surface area contributed by atoms with Crippen LogP contribution in [0.15, 0.2) is 60.7 Å². The van der Waals surface area contributed by atoms with Crippen molar-refractivity contribution in [3.8, 4) is 17.1 Å². The van der Waals surface area contributed by atoms with Gasteiger partial charge in [0.1, 0.15) is 5.82 Å². The molecule has 114 valence electrons. The van der Waals surface area contributed by atoms with E-state index < -0.39 is 5.97 Å². The molecule has 0 bridgehead atoms. The Balaban J connectivity index is 1.76.